The van der Waals surface area contributed by atoms with Crippen molar-refractivity contribution in [3.05, 3.63) is 12.7 Å². The van der Waals surface area contributed by atoms with Gasteiger partial charge in [0, 0.05) is 12.6 Å². The Hall–Kier alpha value is -1.79. The van der Waals surface area contributed by atoms with Crippen molar-refractivity contribution in [1.82, 2.24) is 19.5 Å². The summed E-state index contributed by atoms with van der Waals surface area (Å²) in [7, 11) is -4.64. The van der Waals surface area contributed by atoms with Crippen LogP contribution in [0.25, 0.3) is 11.2 Å². The largest absolute Gasteiger partial charge is 0.469 e. The average molecular weight is 428 g/mol. The highest BCUT2D eigenvalue weighted by Gasteiger charge is 2.37. The van der Waals surface area contributed by atoms with Crippen LogP contribution in [0.3, 0.4) is 0 Å². The molecular weight excluding hydrogens is 403 g/mol. The predicted octanol–water partition coefficient (Wildman–Crippen LogP) is 0.805. The quantitative estimate of drug-likeness (QED) is 0.240. The molecule has 5 N–H and O–H groups in total. The molecule has 3 heterocycles. The zero-order valence-corrected chi connectivity index (χ0v) is 16.6. The Balaban J connectivity index is 1.68. The lowest BCUT2D eigenvalue weighted by atomic mass is 10.2. The van der Waals surface area contributed by atoms with Gasteiger partial charge in [0.15, 0.2) is 17.0 Å². The van der Waals surface area contributed by atoms with Crippen molar-refractivity contribution in [1.29, 1.82) is 0 Å². The fraction of sp³-hybridized carbons (Fsp3) is 0.625. The van der Waals surface area contributed by atoms with Gasteiger partial charge in [0.1, 0.15) is 18.7 Å². The van der Waals surface area contributed by atoms with Crippen LogP contribution in [-0.2, 0) is 13.8 Å². The van der Waals surface area contributed by atoms with E-state index in [1.807, 2.05) is 0 Å². The van der Waals surface area contributed by atoms with Gasteiger partial charge in [-0.3, -0.25) is 9.09 Å². The van der Waals surface area contributed by atoms with Gasteiger partial charge in [-0.1, -0.05) is 6.42 Å². The first-order valence-corrected chi connectivity index (χ1v) is 10.9. The minimum atomic E-state index is -4.64. The van der Waals surface area contributed by atoms with Crippen molar-refractivity contribution in [2.45, 2.75) is 50.5 Å². The van der Waals surface area contributed by atoms with Crippen molar-refractivity contribution in [3.8, 4) is 0 Å². The smallest absolute Gasteiger partial charge is 0.390 e. The highest BCUT2D eigenvalue weighted by atomic mass is 31.2. The summed E-state index contributed by atoms with van der Waals surface area (Å²) in [6.45, 7) is 0.259. The van der Waals surface area contributed by atoms with E-state index in [0.717, 1.165) is 25.7 Å². The molecule has 1 aliphatic rings. The summed E-state index contributed by atoms with van der Waals surface area (Å²) in [6.07, 6.45) is 6.30. The highest BCUT2D eigenvalue weighted by molar-refractivity contribution is 7.46. The van der Waals surface area contributed by atoms with Crippen molar-refractivity contribution in [2.24, 2.45) is 10.7 Å². The number of ether oxygens (including phenoxy) is 1. The SMILES string of the molecule is NCCCCCC=Nc1ncnc2c1ncn2[C@H]1C[C@H](O)[C@@H](COP(=O)(O)O)O1. The number of nitrogens with zero attached hydrogens (tertiary/aromatic N) is 5. The maximum Gasteiger partial charge on any atom is 0.469 e. The molecule has 1 saturated heterocycles. The van der Waals surface area contributed by atoms with Crippen LogP contribution < -0.4 is 5.73 Å². The lowest BCUT2D eigenvalue weighted by molar-refractivity contribution is -0.0424. The number of aromatic nitrogens is 4. The Morgan fingerprint density at radius 2 is 2.17 bits per heavy atom. The molecule has 2 aromatic rings. The first kappa shape index (κ1) is 21.9. The topological polar surface area (TPSA) is 178 Å². The van der Waals surface area contributed by atoms with Crippen LogP contribution in [0.2, 0.25) is 0 Å². The summed E-state index contributed by atoms with van der Waals surface area (Å²) in [6, 6.07) is 0. The Morgan fingerprint density at radius 1 is 1.34 bits per heavy atom. The number of phosphoric acid groups is 1. The molecule has 0 saturated carbocycles. The molecule has 2 aromatic heterocycles. The van der Waals surface area contributed by atoms with Gasteiger partial charge in [-0.2, -0.15) is 0 Å². The van der Waals surface area contributed by atoms with E-state index in [-0.39, 0.29) is 6.42 Å². The number of phosphoric ester groups is 1. The monoisotopic (exact) mass is 428 g/mol. The number of imidazole rings is 1. The molecule has 3 rings (SSSR count). The van der Waals surface area contributed by atoms with Gasteiger partial charge in [-0.05, 0) is 25.8 Å². The first-order valence-electron chi connectivity index (χ1n) is 9.33. The second-order valence-corrected chi connectivity index (χ2v) is 7.93. The summed E-state index contributed by atoms with van der Waals surface area (Å²) >= 11 is 0. The molecule has 0 amide bonds. The third-order valence-electron chi connectivity index (χ3n) is 4.51. The molecule has 0 aromatic carbocycles. The van der Waals surface area contributed by atoms with Gasteiger partial charge in [0.25, 0.3) is 0 Å². The molecular formula is C16H25N6O6P. The van der Waals surface area contributed by atoms with E-state index in [0.29, 0.717) is 23.5 Å². The average Bonchev–Trinajstić information content (AvgIpc) is 3.26. The minimum Gasteiger partial charge on any atom is -0.390 e. The Bertz CT molecular complexity index is 886. The molecule has 0 bridgehead atoms. The molecule has 29 heavy (non-hydrogen) atoms. The number of rotatable bonds is 10. The van der Waals surface area contributed by atoms with E-state index in [9.17, 15) is 9.67 Å². The Morgan fingerprint density at radius 3 is 2.93 bits per heavy atom. The Kier molecular flexibility index (Phi) is 7.41. The normalized spacial score (nSPS) is 22.8. The van der Waals surface area contributed by atoms with Gasteiger partial charge < -0.3 is 25.4 Å². The molecule has 0 unspecified atom stereocenters. The van der Waals surface area contributed by atoms with Gasteiger partial charge in [-0.15, -0.1) is 0 Å². The molecule has 0 spiro atoms. The summed E-state index contributed by atoms with van der Waals surface area (Å²) in [5, 5.41) is 10.1. The zero-order valence-electron chi connectivity index (χ0n) is 15.7. The molecule has 1 aliphatic heterocycles. The van der Waals surface area contributed by atoms with E-state index in [1.54, 1.807) is 10.8 Å². The van der Waals surface area contributed by atoms with E-state index < -0.39 is 32.9 Å². The van der Waals surface area contributed by atoms with Crippen LogP contribution in [-0.4, -0.2) is 66.0 Å². The predicted molar refractivity (Wildman–Crippen MR) is 104 cm³/mol. The van der Waals surface area contributed by atoms with E-state index in [2.05, 4.69) is 24.5 Å². The minimum absolute atomic E-state index is 0.199. The molecule has 0 radical (unpaired) electrons. The number of unbranched alkanes of at least 4 members (excludes halogenated alkanes) is 3. The number of aliphatic hydroxyl groups excluding tert-OH is 1. The van der Waals surface area contributed by atoms with Crippen LogP contribution in [0.5, 0.6) is 0 Å². The zero-order chi connectivity index (χ0) is 20.9. The molecule has 12 nitrogen and oxygen atoms in total. The standard InChI is InChI=1S/C16H25N6O6P/c17-5-3-1-2-4-6-18-15-14-16(20-9-19-15)22(10-21-14)13-7-11(23)12(28-13)8-27-29(24,25)26/h6,9-13,23H,1-5,7-8,17H2,(H2,24,25,26)/t11-,12+,13+/m0/s1. The van der Waals surface area contributed by atoms with Crippen LogP contribution in [0.4, 0.5) is 5.82 Å². The maximum atomic E-state index is 10.9. The van der Waals surface area contributed by atoms with Gasteiger partial charge in [-0.25, -0.2) is 24.5 Å². The molecule has 160 valence electrons. The summed E-state index contributed by atoms with van der Waals surface area (Å²) in [5.41, 5.74) is 6.46. The number of nitrogens with two attached hydrogens (primary N) is 1. The first-order chi connectivity index (χ1) is 13.9. The Labute approximate surface area is 167 Å². The lowest BCUT2D eigenvalue weighted by Gasteiger charge is -2.16. The lowest BCUT2D eigenvalue weighted by Crippen LogP contribution is -2.25. The molecule has 3 atom stereocenters. The molecule has 0 aliphatic carbocycles. The van der Waals surface area contributed by atoms with E-state index in [1.165, 1.54) is 12.7 Å². The maximum absolute atomic E-state index is 10.9. The number of fused-ring (bicyclic) bond motifs is 1. The van der Waals surface area contributed by atoms with E-state index >= 15 is 0 Å². The third-order valence-corrected chi connectivity index (χ3v) is 5.00. The van der Waals surface area contributed by atoms with E-state index in [4.69, 9.17) is 20.3 Å². The van der Waals surface area contributed by atoms with Crippen molar-refractivity contribution in [3.63, 3.8) is 0 Å². The summed E-state index contributed by atoms with van der Waals surface area (Å²) < 4.78 is 22.6. The second-order valence-electron chi connectivity index (χ2n) is 6.69. The fourth-order valence-electron chi connectivity index (χ4n) is 3.06. The number of aliphatic hydroxyl groups is 1. The summed E-state index contributed by atoms with van der Waals surface area (Å²) in [5.74, 6) is 0.438. The molecule has 1 fully saturated rings. The summed E-state index contributed by atoms with van der Waals surface area (Å²) in [4.78, 5) is 34.7. The van der Waals surface area contributed by atoms with Crippen molar-refractivity contribution in [2.75, 3.05) is 13.2 Å². The number of hydrogen-bond acceptors (Lipinski definition) is 9. The van der Waals surface area contributed by atoms with Crippen LogP contribution in [0.1, 0.15) is 38.3 Å². The van der Waals surface area contributed by atoms with Gasteiger partial charge >= 0.3 is 7.82 Å². The van der Waals surface area contributed by atoms with Crippen molar-refractivity contribution >= 4 is 31.0 Å². The van der Waals surface area contributed by atoms with Crippen LogP contribution in [0, 0.1) is 0 Å². The number of aliphatic imine (C=N–C) groups is 1. The van der Waals surface area contributed by atoms with Gasteiger partial charge in [0.05, 0.1) is 19.0 Å². The second kappa shape index (κ2) is 9.81. The number of hydrogen-bond donors (Lipinski definition) is 4. The highest BCUT2D eigenvalue weighted by Crippen LogP contribution is 2.38. The van der Waals surface area contributed by atoms with Crippen molar-refractivity contribution < 1.29 is 28.7 Å². The van der Waals surface area contributed by atoms with Gasteiger partial charge in [0.2, 0.25) is 0 Å². The van der Waals surface area contributed by atoms with Crippen LogP contribution >= 0.6 is 7.82 Å². The molecule has 13 heteroatoms. The third kappa shape index (κ3) is 5.86. The fourth-order valence-corrected chi connectivity index (χ4v) is 3.40. The van der Waals surface area contributed by atoms with Crippen LogP contribution in [0.15, 0.2) is 17.6 Å².